The van der Waals surface area contributed by atoms with Gasteiger partial charge in [0.2, 0.25) is 0 Å². The Bertz CT molecular complexity index is 1130. The van der Waals surface area contributed by atoms with Crippen molar-refractivity contribution in [2.45, 2.75) is 79.4 Å². The van der Waals surface area contributed by atoms with Crippen LogP contribution in [0.4, 0.5) is 0 Å². The van der Waals surface area contributed by atoms with Gasteiger partial charge < -0.3 is 28.8 Å². The lowest BCUT2D eigenvalue weighted by atomic mass is 10.1. The molecule has 1 N–H and O–H groups in total. The van der Waals surface area contributed by atoms with Crippen LogP contribution in [0.2, 0.25) is 0 Å². The minimum Gasteiger partial charge on any atom is -0.508 e. The number of esters is 2. The molecule has 0 bridgehead atoms. The maximum absolute atomic E-state index is 11.9. The van der Waals surface area contributed by atoms with Crippen molar-refractivity contribution in [2.24, 2.45) is 0 Å². The second kappa shape index (κ2) is 15.5. The van der Waals surface area contributed by atoms with E-state index in [1.807, 2.05) is 19.1 Å². The van der Waals surface area contributed by atoms with Gasteiger partial charge in [-0.15, -0.1) is 12.3 Å². The summed E-state index contributed by atoms with van der Waals surface area (Å²) in [6.07, 6.45) is 6.72. The average molecular weight is 543 g/mol. The first-order chi connectivity index (χ1) is 18.3. The van der Waals surface area contributed by atoms with Crippen molar-refractivity contribution in [1.82, 2.24) is 0 Å². The summed E-state index contributed by atoms with van der Waals surface area (Å²) in [7, 11) is 0. The number of rotatable bonds is 12. The molecule has 39 heavy (non-hydrogen) atoms. The molecule has 0 saturated carbocycles. The predicted molar refractivity (Wildman–Crippen MR) is 150 cm³/mol. The maximum atomic E-state index is 11.9. The Morgan fingerprint density at radius 3 is 1.77 bits per heavy atom. The minimum atomic E-state index is -1.04. The highest BCUT2D eigenvalue weighted by atomic mass is 16.6. The monoisotopic (exact) mass is 542 g/mol. The van der Waals surface area contributed by atoms with Gasteiger partial charge in [0.15, 0.2) is 11.2 Å². The highest BCUT2D eigenvalue weighted by Gasteiger charge is 2.33. The number of phenols is 1. The highest BCUT2D eigenvalue weighted by molar-refractivity contribution is 5.79. The molecule has 214 valence electrons. The average Bonchev–Trinajstić information content (AvgIpc) is 2.86. The summed E-state index contributed by atoms with van der Waals surface area (Å²) in [5, 5.41) is 9.28. The number of hydrogen-bond acceptors (Lipinski definition) is 8. The van der Waals surface area contributed by atoms with E-state index in [0.717, 1.165) is 23.3 Å². The molecule has 2 aromatic carbocycles. The molecule has 0 aliphatic rings. The lowest BCUT2D eigenvalue weighted by Gasteiger charge is -2.25. The van der Waals surface area contributed by atoms with Gasteiger partial charge in [0, 0.05) is 6.42 Å². The molecule has 0 radical (unpaired) electrons. The highest BCUT2D eigenvalue weighted by Crippen LogP contribution is 2.28. The zero-order valence-electron chi connectivity index (χ0n) is 24.4. The number of phenolic OH excluding ortho intramolecular Hbond substituents is 1. The molecule has 0 unspecified atom stereocenters. The molecule has 0 saturated heterocycles. The maximum Gasteiger partial charge on any atom is 0.349 e. The molecule has 0 heterocycles. The van der Waals surface area contributed by atoms with E-state index >= 15 is 0 Å². The van der Waals surface area contributed by atoms with Crippen molar-refractivity contribution in [1.29, 1.82) is 0 Å². The number of unbranched alkanes of at least 4 members (excludes halogenated alkanes) is 1. The summed E-state index contributed by atoms with van der Waals surface area (Å²) in [5.74, 6) is 3.90. The van der Waals surface area contributed by atoms with Crippen molar-refractivity contribution < 1.29 is 38.4 Å². The molecule has 2 aromatic rings. The van der Waals surface area contributed by atoms with Crippen LogP contribution in [0.3, 0.4) is 0 Å². The van der Waals surface area contributed by atoms with Crippen LogP contribution >= 0.6 is 0 Å². The number of benzene rings is 2. The summed E-state index contributed by atoms with van der Waals surface area (Å²) < 4.78 is 27.0. The van der Waals surface area contributed by atoms with E-state index in [1.54, 1.807) is 66.7 Å². The topological polar surface area (TPSA) is 101 Å². The molecule has 0 atom stereocenters. The van der Waals surface area contributed by atoms with Crippen molar-refractivity contribution in [2.75, 3.05) is 19.8 Å². The molecular weight excluding hydrogens is 500 g/mol. The van der Waals surface area contributed by atoms with Gasteiger partial charge in [-0.25, -0.2) is 9.59 Å². The van der Waals surface area contributed by atoms with E-state index in [9.17, 15) is 14.7 Å². The third-order valence-electron chi connectivity index (χ3n) is 5.30. The van der Waals surface area contributed by atoms with E-state index in [-0.39, 0.29) is 11.7 Å². The number of hydrogen-bond donors (Lipinski definition) is 1. The molecule has 0 fully saturated rings. The van der Waals surface area contributed by atoms with Gasteiger partial charge >= 0.3 is 11.9 Å². The SMILES string of the molecule is C#CCCCOc1ccc(OC(C)(C)C(=O)OCC)c(C)c1.CCOC(=O)C(C)(C)Oc1ccc(O)cc1C. The normalized spacial score (nSPS) is 10.8. The Balaban J connectivity index is 0.000000403. The van der Waals surface area contributed by atoms with Crippen molar-refractivity contribution in [3.63, 3.8) is 0 Å². The van der Waals surface area contributed by atoms with Crippen molar-refractivity contribution in [3.05, 3.63) is 47.5 Å². The van der Waals surface area contributed by atoms with Crippen molar-refractivity contribution >= 4 is 11.9 Å². The fourth-order valence-corrected chi connectivity index (χ4v) is 3.18. The zero-order chi connectivity index (χ0) is 29.6. The van der Waals surface area contributed by atoms with Gasteiger partial charge in [0.1, 0.15) is 23.0 Å². The van der Waals surface area contributed by atoms with Gasteiger partial charge in [-0.2, -0.15) is 0 Å². The second-order valence-electron chi connectivity index (χ2n) is 9.70. The Morgan fingerprint density at radius 2 is 1.33 bits per heavy atom. The largest absolute Gasteiger partial charge is 0.508 e. The Labute approximate surface area is 232 Å². The van der Waals surface area contributed by atoms with E-state index < -0.39 is 17.2 Å². The number of aryl methyl sites for hydroxylation is 2. The first-order valence-corrected chi connectivity index (χ1v) is 13.0. The first-order valence-electron chi connectivity index (χ1n) is 13.0. The number of ether oxygens (including phenoxy) is 5. The fraction of sp³-hybridized carbons (Fsp3) is 0.484. The van der Waals surface area contributed by atoms with Crippen LogP contribution < -0.4 is 14.2 Å². The quantitative estimate of drug-likeness (QED) is 0.200. The smallest absolute Gasteiger partial charge is 0.349 e. The molecule has 8 heteroatoms. The Kier molecular flexibility index (Phi) is 13.2. The molecule has 0 spiro atoms. The molecule has 2 rings (SSSR count). The van der Waals surface area contributed by atoms with Crippen LogP contribution in [0.25, 0.3) is 0 Å². The lowest BCUT2D eigenvalue weighted by Crippen LogP contribution is -2.39. The third-order valence-corrected chi connectivity index (χ3v) is 5.30. The fourth-order valence-electron chi connectivity index (χ4n) is 3.18. The van der Waals surface area contributed by atoms with E-state index in [4.69, 9.17) is 30.1 Å². The number of carbonyl (C=O) groups is 2. The summed E-state index contributed by atoms with van der Waals surface area (Å²) in [6, 6.07) is 10.2. The van der Waals surface area contributed by atoms with Crippen LogP contribution in [-0.4, -0.2) is 48.1 Å². The third kappa shape index (κ3) is 11.2. The standard InChI is InChI=1S/C18H24O4.C13H18O4/c1-6-8-9-12-21-15-10-11-16(14(3)13-15)22-18(4,5)17(19)20-7-2;1-5-16-12(15)13(3,4)17-11-7-6-10(14)8-9(11)2/h1,10-11,13H,7-9,12H2,2-5H3;6-8,14H,5H2,1-4H3. The van der Waals surface area contributed by atoms with Gasteiger partial charge in [-0.3, -0.25) is 0 Å². The summed E-state index contributed by atoms with van der Waals surface area (Å²) in [6.45, 7) is 15.1. The van der Waals surface area contributed by atoms with E-state index in [2.05, 4.69) is 5.92 Å². The number of aromatic hydroxyl groups is 1. The van der Waals surface area contributed by atoms with Gasteiger partial charge in [-0.1, -0.05) is 0 Å². The van der Waals surface area contributed by atoms with Crippen molar-refractivity contribution in [3.8, 4) is 35.3 Å². The van der Waals surface area contributed by atoms with Crippen LogP contribution in [0, 0.1) is 26.2 Å². The van der Waals surface area contributed by atoms with Gasteiger partial charge in [-0.05, 0) is 109 Å². The Morgan fingerprint density at radius 1 is 0.846 bits per heavy atom. The van der Waals surface area contributed by atoms with Crippen LogP contribution in [-0.2, 0) is 19.1 Å². The van der Waals surface area contributed by atoms with Gasteiger partial charge in [0.05, 0.1) is 19.8 Å². The molecule has 0 aromatic heterocycles. The molecule has 8 nitrogen and oxygen atoms in total. The molecule has 0 amide bonds. The summed E-state index contributed by atoms with van der Waals surface area (Å²) >= 11 is 0. The number of carbonyl (C=O) groups excluding carboxylic acids is 2. The lowest BCUT2D eigenvalue weighted by molar-refractivity contribution is -0.159. The van der Waals surface area contributed by atoms with Gasteiger partial charge in [0.25, 0.3) is 0 Å². The summed E-state index contributed by atoms with van der Waals surface area (Å²) in [5.41, 5.74) is -0.414. The van der Waals surface area contributed by atoms with E-state index in [0.29, 0.717) is 37.7 Å². The Hall–Kier alpha value is -3.86. The minimum absolute atomic E-state index is 0.170. The summed E-state index contributed by atoms with van der Waals surface area (Å²) in [4.78, 5) is 23.5. The number of terminal acetylenes is 1. The molecular formula is C31H42O8. The predicted octanol–water partition coefficient (Wildman–Crippen LogP) is 5.93. The first kappa shape index (κ1) is 33.2. The molecule has 0 aliphatic carbocycles. The van der Waals surface area contributed by atoms with Crippen LogP contribution in [0.1, 0.15) is 65.5 Å². The van der Waals surface area contributed by atoms with Crippen LogP contribution in [0.5, 0.6) is 23.0 Å². The molecule has 0 aliphatic heterocycles. The zero-order valence-corrected chi connectivity index (χ0v) is 24.4. The van der Waals surface area contributed by atoms with Crippen LogP contribution in [0.15, 0.2) is 36.4 Å². The van der Waals surface area contributed by atoms with E-state index in [1.165, 1.54) is 6.07 Å². The second-order valence-corrected chi connectivity index (χ2v) is 9.70.